The van der Waals surface area contributed by atoms with Crippen LogP contribution in [0.2, 0.25) is 0 Å². The highest BCUT2D eigenvalue weighted by Gasteiger charge is 2.16. The Bertz CT molecular complexity index is 640. The van der Waals surface area contributed by atoms with E-state index in [0.29, 0.717) is 29.4 Å². The van der Waals surface area contributed by atoms with Gasteiger partial charge in [-0.3, -0.25) is 9.78 Å². The number of carbonyl (C=O) groups is 1. The summed E-state index contributed by atoms with van der Waals surface area (Å²) in [7, 11) is 0. The lowest BCUT2D eigenvalue weighted by atomic mass is 10.1. The molecule has 0 aliphatic heterocycles. The molecule has 2 aromatic rings. The van der Waals surface area contributed by atoms with Gasteiger partial charge in [-0.25, -0.2) is 0 Å². The van der Waals surface area contributed by atoms with Crippen LogP contribution in [-0.4, -0.2) is 23.5 Å². The number of fused-ring (bicyclic) bond motifs is 1. The third-order valence-corrected chi connectivity index (χ3v) is 3.12. The Morgan fingerprint density at radius 2 is 2.10 bits per heavy atom. The van der Waals surface area contributed by atoms with Crippen LogP contribution in [0.5, 0.6) is 5.75 Å². The Kier molecular flexibility index (Phi) is 4.62. The molecule has 0 saturated carbocycles. The van der Waals surface area contributed by atoms with Gasteiger partial charge in [-0.15, -0.1) is 0 Å². The summed E-state index contributed by atoms with van der Waals surface area (Å²) in [6.45, 7) is 6.44. The summed E-state index contributed by atoms with van der Waals surface area (Å²) < 4.78 is 5.75. The number of nitrogens with zero attached hydrogens (tertiary/aromatic N) is 1. The normalized spacial score (nSPS) is 12.4. The second-order valence-corrected chi connectivity index (χ2v) is 5.45. The number of pyridine rings is 1. The second-order valence-electron chi connectivity index (χ2n) is 5.45. The first kappa shape index (κ1) is 15.1. The number of amides is 1. The minimum absolute atomic E-state index is 0.135. The Morgan fingerprint density at radius 1 is 1.33 bits per heavy atom. The Morgan fingerprint density at radius 3 is 2.81 bits per heavy atom. The maximum Gasteiger partial charge on any atom is 0.260 e. The lowest BCUT2D eigenvalue weighted by molar-refractivity contribution is -0.127. The number of hydrogen-bond acceptors (Lipinski definition) is 4. The first-order valence-corrected chi connectivity index (χ1v) is 7.06. The van der Waals surface area contributed by atoms with Crippen molar-refractivity contribution in [3.05, 3.63) is 30.5 Å². The topological polar surface area (TPSA) is 77.2 Å². The van der Waals surface area contributed by atoms with Crippen LogP contribution >= 0.6 is 0 Å². The lowest BCUT2D eigenvalue weighted by Crippen LogP contribution is -2.38. The summed E-state index contributed by atoms with van der Waals surface area (Å²) in [6.07, 6.45) is 1.09. The minimum Gasteiger partial charge on any atom is -0.479 e. The molecule has 5 nitrogen and oxygen atoms in total. The molecule has 5 heteroatoms. The molecule has 1 aromatic carbocycles. The van der Waals surface area contributed by atoms with E-state index in [9.17, 15) is 4.79 Å². The van der Waals surface area contributed by atoms with Crippen molar-refractivity contribution in [2.24, 2.45) is 5.92 Å². The van der Waals surface area contributed by atoms with Crippen molar-refractivity contribution in [3.63, 3.8) is 0 Å². The molecule has 1 amide bonds. The van der Waals surface area contributed by atoms with Gasteiger partial charge in [0, 0.05) is 23.8 Å². The fraction of sp³-hybridized carbons (Fsp3) is 0.375. The summed E-state index contributed by atoms with van der Waals surface area (Å²) in [4.78, 5) is 16.3. The Labute approximate surface area is 124 Å². The molecular weight excluding hydrogens is 266 g/mol. The smallest absolute Gasteiger partial charge is 0.260 e. The molecule has 0 aliphatic rings. The lowest BCUT2D eigenvalue weighted by Gasteiger charge is -2.17. The van der Waals surface area contributed by atoms with E-state index in [-0.39, 0.29) is 5.91 Å². The van der Waals surface area contributed by atoms with E-state index in [1.165, 1.54) is 0 Å². The van der Waals surface area contributed by atoms with Gasteiger partial charge in [-0.2, -0.15) is 0 Å². The highest BCUT2D eigenvalue weighted by Crippen LogP contribution is 2.28. The predicted octanol–water partition coefficient (Wildman–Crippen LogP) is 2.36. The molecule has 2 rings (SSSR count). The molecule has 0 fully saturated rings. The van der Waals surface area contributed by atoms with Gasteiger partial charge in [0.1, 0.15) is 11.3 Å². The van der Waals surface area contributed by atoms with Gasteiger partial charge in [0.05, 0.1) is 0 Å². The largest absolute Gasteiger partial charge is 0.479 e. The number of nitrogens with one attached hydrogen (secondary N) is 1. The van der Waals surface area contributed by atoms with E-state index in [1.54, 1.807) is 25.3 Å². The van der Waals surface area contributed by atoms with Crippen LogP contribution in [0.25, 0.3) is 10.9 Å². The van der Waals surface area contributed by atoms with Crippen LogP contribution in [0, 0.1) is 5.92 Å². The SMILES string of the molecule is CC(C)CNC(=O)C(C)Oc1ccc(N)c2cccnc12. The molecule has 0 radical (unpaired) electrons. The van der Waals surface area contributed by atoms with E-state index in [0.717, 1.165) is 5.39 Å². The van der Waals surface area contributed by atoms with Gasteiger partial charge in [0.2, 0.25) is 0 Å². The van der Waals surface area contributed by atoms with E-state index >= 15 is 0 Å². The number of nitrogen functional groups attached to an aromatic ring is 1. The van der Waals surface area contributed by atoms with Gasteiger partial charge >= 0.3 is 0 Å². The third kappa shape index (κ3) is 3.62. The number of ether oxygens (including phenoxy) is 1. The van der Waals surface area contributed by atoms with E-state index in [4.69, 9.17) is 10.5 Å². The van der Waals surface area contributed by atoms with Gasteiger partial charge in [-0.1, -0.05) is 13.8 Å². The summed E-state index contributed by atoms with van der Waals surface area (Å²) in [6, 6.07) is 7.21. The standard InChI is InChI=1S/C16H21N3O2/c1-10(2)9-19-16(20)11(3)21-14-7-6-13(17)12-5-4-8-18-15(12)14/h4-8,10-11H,9,17H2,1-3H3,(H,19,20). The number of carbonyl (C=O) groups excluding carboxylic acids is 1. The Hall–Kier alpha value is -2.30. The molecular formula is C16H21N3O2. The number of rotatable bonds is 5. The van der Waals surface area contributed by atoms with Crippen molar-refractivity contribution in [2.75, 3.05) is 12.3 Å². The van der Waals surface area contributed by atoms with Crippen molar-refractivity contribution in [1.82, 2.24) is 10.3 Å². The third-order valence-electron chi connectivity index (χ3n) is 3.12. The van der Waals surface area contributed by atoms with Crippen molar-refractivity contribution < 1.29 is 9.53 Å². The highest BCUT2D eigenvalue weighted by molar-refractivity contribution is 5.94. The first-order valence-electron chi connectivity index (χ1n) is 7.06. The van der Waals surface area contributed by atoms with Crippen molar-refractivity contribution in [1.29, 1.82) is 0 Å². The second kappa shape index (κ2) is 6.43. The van der Waals surface area contributed by atoms with Gasteiger partial charge in [-0.05, 0) is 37.1 Å². The summed E-state index contributed by atoms with van der Waals surface area (Å²) >= 11 is 0. The van der Waals surface area contributed by atoms with Crippen molar-refractivity contribution in [2.45, 2.75) is 26.9 Å². The van der Waals surface area contributed by atoms with Crippen LogP contribution < -0.4 is 15.8 Å². The molecule has 3 N–H and O–H groups in total. The molecule has 0 bridgehead atoms. The van der Waals surface area contributed by atoms with Crippen LogP contribution in [-0.2, 0) is 4.79 Å². The zero-order valence-electron chi connectivity index (χ0n) is 12.6. The molecule has 0 aliphatic carbocycles. The van der Waals surface area contributed by atoms with Crippen molar-refractivity contribution in [3.8, 4) is 5.75 Å². The van der Waals surface area contributed by atoms with E-state index in [2.05, 4.69) is 10.3 Å². The summed E-state index contributed by atoms with van der Waals surface area (Å²) in [5.41, 5.74) is 7.23. The van der Waals surface area contributed by atoms with Crippen LogP contribution in [0.3, 0.4) is 0 Å². The van der Waals surface area contributed by atoms with E-state index < -0.39 is 6.10 Å². The number of aromatic nitrogens is 1. The fourth-order valence-corrected chi connectivity index (χ4v) is 1.96. The summed E-state index contributed by atoms with van der Waals surface area (Å²) in [5, 5.41) is 3.68. The number of hydrogen-bond donors (Lipinski definition) is 2. The maximum atomic E-state index is 12.0. The number of nitrogens with two attached hydrogens (primary N) is 1. The predicted molar refractivity (Wildman–Crippen MR) is 84.1 cm³/mol. The minimum atomic E-state index is -0.586. The average molecular weight is 287 g/mol. The van der Waals surface area contributed by atoms with Gasteiger partial charge < -0.3 is 15.8 Å². The van der Waals surface area contributed by atoms with Crippen molar-refractivity contribution >= 4 is 22.5 Å². The molecule has 0 saturated heterocycles. The van der Waals surface area contributed by atoms with Gasteiger partial charge in [0.15, 0.2) is 6.10 Å². The van der Waals surface area contributed by atoms with Crippen LogP contribution in [0.15, 0.2) is 30.5 Å². The summed E-state index contributed by atoms with van der Waals surface area (Å²) in [5.74, 6) is 0.830. The molecule has 0 spiro atoms. The molecule has 21 heavy (non-hydrogen) atoms. The monoisotopic (exact) mass is 287 g/mol. The van der Waals surface area contributed by atoms with Gasteiger partial charge in [0.25, 0.3) is 5.91 Å². The molecule has 1 aromatic heterocycles. The average Bonchev–Trinajstić information content (AvgIpc) is 2.47. The zero-order chi connectivity index (χ0) is 15.4. The molecule has 112 valence electrons. The zero-order valence-corrected chi connectivity index (χ0v) is 12.6. The highest BCUT2D eigenvalue weighted by atomic mass is 16.5. The number of benzene rings is 1. The van der Waals surface area contributed by atoms with Crippen LogP contribution in [0.4, 0.5) is 5.69 Å². The first-order chi connectivity index (χ1) is 9.99. The quantitative estimate of drug-likeness (QED) is 0.828. The van der Waals surface area contributed by atoms with E-state index in [1.807, 2.05) is 26.0 Å². The fourth-order valence-electron chi connectivity index (χ4n) is 1.96. The maximum absolute atomic E-state index is 12.0. The Balaban J connectivity index is 2.16. The molecule has 1 unspecified atom stereocenters. The molecule has 1 heterocycles. The number of anilines is 1. The molecule has 1 atom stereocenters. The van der Waals surface area contributed by atoms with Crippen LogP contribution in [0.1, 0.15) is 20.8 Å².